The van der Waals surface area contributed by atoms with E-state index in [0.717, 1.165) is 112 Å². The van der Waals surface area contributed by atoms with E-state index < -0.39 is 0 Å². The van der Waals surface area contributed by atoms with E-state index in [1.165, 1.54) is 33.4 Å². The van der Waals surface area contributed by atoms with Crippen LogP contribution >= 0.6 is 0 Å². The molecule has 4 fully saturated rings. The average molecular weight is 917 g/mol. The van der Waals surface area contributed by atoms with Gasteiger partial charge in [0.25, 0.3) is 11.8 Å². The number of hydrogen-bond acceptors (Lipinski definition) is 8. The summed E-state index contributed by atoms with van der Waals surface area (Å²) >= 11 is 0. The summed E-state index contributed by atoms with van der Waals surface area (Å²) in [5.74, 6) is 4.81. The Bertz CT molecular complexity index is 2470. The van der Waals surface area contributed by atoms with E-state index in [-0.39, 0.29) is 35.9 Å². The van der Waals surface area contributed by atoms with Crippen molar-refractivity contribution in [3.8, 4) is 23.0 Å². The average Bonchev–Trinajstić information content (AvgIpc) is 3.88. The topological polar surface area (TPSA) is 142 Å². The highest BCUT2D eigenvalue weighted by atomic mass is 16.5. The molecule has 0 spiro atoms. The van der Waals surface area contributed by atoms with Gasteiger partial charge in [0.15, 0.2) is 13.2 Å². The van der Waals surface area contributed by atoms with Crippen molar-refractivity contribution in [2.75, 3.05) is 13.2 Å². The van der Waals surface area contributed by atoms with Gasteiger partial charge in [-0.25, -0.2) is 10.9 Å². The normalized spacial score (nSPS) is 29.4. The van der Waals surface area contributed by atoms with Crippen molar-refractivity contribution in [1.29, 1.82) is 0 Å². The zero-order chi connectivity index (χ0) is 47.2. The summed E-state index contributed by atoms with van der Waals surface area (Å²) in [5, 5.41) is 29.6. The van der Waals surface area contributed by atoms with Crippen molar-refractivity contribution in [3.05, 3.63) is 118 Å². The highest BCUT2D eigenvalue weighted by molar-refractivity contribution is 5.94. The number of fused-ring (bicyclic) bond motifs is 10. The Hall–Kier alpha value is -5.90. The summed E-state index contributed by atoms with van der Waals surface area (Å²) in [5.41, 5.74) is 18.0. The standard InChI is InChI=1S/C58H68N4O6/c1-5-43(35-7-15-41(16-8-35)67-33-55(65)61-59-53-25-23-51-49-19-11-37-31-39(63)13-21-45(37)47(49)27-29-57(51,53)3)44(6-2)36-9-17-42(18-10-36)68-34-56(66)62-60-54-26-24-52-50-20-12-38-32-40(64)14-22-46(38)48(50)28-30-58(52,54)4/h7-10,13-18,21-22,31-32,47-52,63-64H,5-6,11-12,19-20,23-30,33-34H2,1-4H3,(H,61,65)(H,62,66)/b44-43+,59-53-,60-54+. The molecule has 0 aliphatic heterocycles. The maximum Gasteiger partial charge on any atom is 0.277 e. The van der Waals surface area contributed by atoms with E-state index in [9.17, 15) is 19.8 Å². The van der Waals surface area contributed by atoms with Crippen LogP contribution < -0.4 is 20.3 Å². The molecule has 0 aromatic heterocycles. The lowest BCUT2D eigenvalue weighted by atomic mass is 9.55. The number of hydrazone groups is 2. The number of ether oxygens (including phenoxy) is 2. The highest BCUT2D eigenvalue weighted by Gasteiger charge is 2.55. The number of amides is 2. The maximum atomic E-state index is 13.0. The molecule has 8 atom stereocenters. The number of hydrogen-bond donors (Lipinski definition) is 4. The molecule has 10 nitrogen and oxygen atoms in total. The molecule has 6 aliphatic carbocycles. The lowest BCUT2D eigenvalue weighted by Gasteiger charge is -2.49. The molecule has 10 rings (SSSR count). The molecular weight excluding hydrogens is 849 g/mol. The third-order valence-electron chi connectivity index (χ3n) is 17.8. The van der Waals surface area contributed by atoms with Gasteiger partial charge in [0.1, 0.15) is 23.0 Å². The number of allylic oxidation sites excluding steroid dienone is 2. The first-order chi connectivity index (χ1) is 32.9. The van der Waals surface area contributed by atoms with Crippen LogP contribution in [0.3, 0.4) is 0 Å². The number of carbonyl (C=O) groups excluding carboxylic acids is 2. The SMILES string of the molecule is CC/C(=C(/CC)c1ccc(OCC(=O)N/N=C2\CCC3C4CCc5cc(O)ccc5C4CCC23C)cc1)c1ccc(OCC(=O)N/N=C2/CCC3C4CCc5cc(O)ccc5C4CCC23C)cc1. The van der Waals surface area contributed by atoms with E-state index in [0.29, 0.717) is 58.5 Å². The van der Waals surface area contributed by atoms with Crippen molar-refractivity contribution in [2.45, 2.75) is 129 Å². The number of rotatable bonds is 12. The molecule has 4 aromatic rings. The molecule has 68 heavy (non-hydrogen) atoms. The van der Waals surface area contributed by atoms with Gasteiger partial charge in [0.2, 0.25) is 0 Å². The van der Waals surface area contributed by atoms with Gasteiger partial charge in [-0.3, -0.25) is 9.59 Å². The van der Waals surface area contributed by atoms with Gasteiger partial charge in [-0.15, -0.1) is 0 Å². The maximum absolute atomic E-state index is 13.0. The van der Waals surface area contributed by atoms with Crippen molar-refractivity contribution in [3.63, 3.8) is 0 Å². The molecule has 0 radical (unpaired) electrons. The number of aryl methyl sites for hydroxylation is 2. The number of aromatic hydroxyl groups is 2. The molecule has 0 bridgehead atoms. The van der Waals surface area contributed by atoms with Gasteiger partial charge in [0, 0.05) is 22.3 Å². The minimum absolute atomic E-state index is 0.0114. The number of carbonyl (C=O) groups is 2. The fraction of sp³-hybridized carbons (Fsp3) is 0.483. The summed E-state index contributed by atoms with van der Waals surface area (Å²) in [6, 6.07) is 27.8. The molecule has 4 N–H and O–H groups in total. The molecule has 8 unspecified atom stereocenters. The highest BCUT2D eigenvalue weighted by Crippen LogP contribution is 2.61. The second-order valence-corrected chi connectivity index (χ2v) is 21.1. The minimum Gasteiger partial charge on any atom is -0.508 e. The first-order valence-corrected chi connectivity index (χ1v) is 25.5. The van der Waals surface area contributed by atoms with Gasteiger partial charge >= 0.3 is 0 Å². The van der Waals surface area contributed by atoms with E-state index in [1.54, 1.807) is 0 Å². The second-order valence-electron chi connectivity index (χ2n) is 21.1. The molecular formula is C58H68N4O6. The number of phenols is 2. The molecule has 0 heterocycles. The number of benzene rings is 4. The Morgan fingerprint density at radius 1 is 0.574 bits per heavy atom. The van der Waals surface area contributed by atoms with Crippen LogP contribution in [0.25, 0.3) is 11.1 Å². The Balaban J connectivity index is 0.701. The fourth-order valence-electron chi connectivity index (χ4n) is 14.4. The van der Waals surface area contributed by atoms with Gasteiger partial charge in [-0.2, -0.15) is 10.2 Å². The summed E-state index contributed by atoms with van der Waals surface area (Å²) < 4.78 is 11.9. The van der Waals surface area contributed by atoms with Crippen LogP contribution in [0.5, 0.6) is 23.0 Å². The van der Waals surface area contributed by atoms with E-state index >= 15 is 0 Å². The predicted octanol–water partition coefficient (Wildman–Crippen LogP) is 11.6. The second kappa shape index (κ2) is 18.9. The van der Waals surface area contributed by atoms with E-state index in [4.69, 9.17) is 19.7 Å². The van der Waals surface area contributed by atoms with Gasteiger partial charge in [-0.1, -0.05) is 64.1 Å². The summed E-state index contributed by atoms with van der Waals surface area (Å²) in [7, 11) is 0. The van der Waals surface area contributed by atoms with Gasteiger partial charge in [-0.05, 0) is 218 Å². The third-order valence-corrected chi connectivity index (χ3v) is 17.8. The Labute approximate surface area is 401 Å². The minimum atomic E-state index is -0.261. The number of phenolic OH excluding ortho intramolecular Hbond substituents is 2. The van der Waals surface area contributed by atoms with Crippen LogP contribution in [0, 0.1) is 34.5 Å². The van der Waals surface area contributed by atoms with Crippen LogP contribution in [0.4, 0.5) is 0 Å². The Kier molecular flexibility index (Phi) is 12.7. The molecule has 2 amide bonds. The smallest absolute Gasteiger partial charge is 0.277 e. The van der Waals surface area contributed by atoms with Crippen molar-refractivity contribution in [1.82, 2.24) is 10.9 Å². The largest absolute Gasteiger partial charge is 0.508 e. The first-order valence-electron chi connectivity index (χ1n) is 25.5. The lowest BCUT2D eigenvalue weighted by molar-refractivity contribution is -0.123. The Morgan fingerprint density at radius 3 is 1.38 bits per heavy atom. The zero-order valence-corrected chi connectivity index (χ0v) is 40.3. The summed E-state index contributed by atoms with van der Waals surface area (Å²) in [6.45, 7) is 8.80. The zero-order valence-electron chi connectivity index (χ0n) is 40.3. The molecule has 356 valence electrons. The van der Waals surface area contributed by atoms with E-state index in [1.807, 2.05) is 48.5 Å². The van der Waals surface area contributed by atoms with Crippen LogP contribution in [-0.2, 0) is 22.4 Å². The fourth-order valence-corrected chi connectivity index (χ4v) is 14.4. The van der Waals surface area contributed by atoms with Gasteiger partial charge in [0.05, 0.1) is 0 Å². The Morgan fingerprint density at radius 2 is 0.985 bits per heavy atom. The van der Waals surface area contributed by atoms with Crippen LogP contribution in [0.15, 0.2) is 95.1 Å². The molecule has 4 aromatic carbocycles. The molecule has 4 saturated carbocycles. The van der Waals surface area contributed by atoms with Crippen LogP contribution in [0.2, 0.25) is 0 Å². The number of nitrogens with zero attached hydrogens (tertiary/aromatic N) is 2. The van der Waals surface area contributed by atoms with Crippen molar-refractivity contribution >= 4 is 34.4 Å². The first kappa shape index (κ1) is 45.9. The monoisotopic (exact) mass is 917 g/mol. The van der Waals surface area contributed by atoms with Gasteiger partial charge < -0.3 is 19.7 Å². The van der Waals surface area contributed by atoms with Crippen LogP contribution in [-0.4, -0.2) is 46.7 Å². The molecule has 10 heteroatoms. The summed E-state index contributed by atoms with van der Waals surface area (Å²) in [6.07, 6.45) is 14.3. The molecule has 0 saturated heterocycles. The lowest BCUT2D eigenvalue weighted by Crippen LogP contribution is -2.43. The van der Waals surface area contributed by atoms with Crippen molar-refractivity contribution in [2.24, 2.45) is 44.7 Å². The predicted molar refractivity (Wildman–Crippen MR) is 268 cm³/mol. The van der Waals surface area contributed by atoms with E-state index in [2.05, 4.69) is 74.9 Å². The summed E-state index contributed by atoms with van der Waals surface area (Å²) in [4.78, 5) is 26.1. The van der Waals surface area contributed by atoms with Crippen molar-refractivity contribution < 1.29 is 29.3 Å². The van der Waals surface area contributed by atoms with Crippen LogP contribution in [0.1, 0.15) is 150 Å². The third kappa shape index (κ3) is 8.61. The quantitative estimate of drug-likeness (QED) is 0.0824. The molecule has 6 aliphatic rings. The number of nitrogens with one attached hydrogen (secondary N) is 2.